The van der Waals surface area contributed by atoms with Gasteiger partial charge in [-0.15, -0.1) is 0 Å². The van der Waals surface area contributed by atoms with E-state index < -0.39 is 0 Å². The lowest BCUT2D eigenvalue weighted by Gasteiger charge is -2.31. The van der Waals surface area contributed by atoms with Gasteiger partial charge < -0.3 is 19.5 Å². The van der Waals surface area contributed by atoms with E-state index in [9.17, 15) is 4.79 Å². The number of nitrogens with zero attached hydrogens (tertiary/aromatic N) is 3. The fourth-order valence-corrected chi connectivity index (χ4v) is 3.52. The molecule has 1 aliphatic rings. The fourth-order valence-electron chi connectivity index (χ4n) is 3.52. The predicted molar refractivity (Wildman–Crippen MR) is 112 cm³/mol. The minimum absolute atomic E-state index is 0.0589. The Morgan fingerprint density at radius 2 is 2.00 bits per heavy atom. The summed E-state index contributed by atoms with van der Waals surface area (Å²) in [7, 11) is 0. The lowest BCUT2D eigenvalue weighted by atomic mass is 9.98. The van der Waals surface area contributed by atoms with Gasteiger partial charge >= 0.3 is 6.03 Å². The molecular formula is C23H26N4O3. The third-order valence-corrected chi connectivity index (χ3v) is 5.23. The highest BCUT2D eigenvalue weighted by atomic mass is 16.5. The van der Waals surface area contributed by atoms with Crippen LogP contribution in [0.15, 0.2) is 59.1 Å². The van der Waals surface area contributed by atoms with Crippen LogP contribution in [0.25, 0.3) is 0 Å². The predicted octanol–water partition coefficient (Wildman–Crippen LogP) is 4.05. The smallest absolute Gasteiger partial charge is 0.317 e. The van der Waals surface area contributed by atoms with Crippen LogP contribution in [0, 0.1) is 6.92 Å². The molecule has 2 amide bonds. The molecule has 4 rings (SSSR count). The fraction of sp³-hybridized carbons (Fsp3) is 0.348. The van der Waals surface area contributed by atoms with E-state index in [1.165, 1.54) is 5.56 Å². The number of carbonyl (C=O) groups excluding carboxylic acids is 1. The molecule has 1 atom stereocenters. The minimum Gasteiger partial charge on any atom is -0.484 e. The maximum absolute atomic E-state index is 12.6. The molecule has 3 aromatic rings. The first-order valence-electron chi connectivity index (χ1n) is 10.3. The second-order valence-electron chi connectivity index (χ2n) is 7.58. The number of ether oxygens (including phenoxy) is 1. The van der Waals surface area contributed by atoms with Crippen molar-refractivity contribution in [3.05, 3.63) is 77.4 Å². The van der Waals surface area contributed by atoms with Crippen molar-refractivity contribution in [2.45, 2.75) is 38.8 Å². The van der Waals surface area contributed by atoms with Crippen LogP contribution in [0.3, 0.4) is 0 Å². The third kappa shape index (κ3) is 5.17. The summed E-state index contributed by atoms with van der Waals surface area (Å²) in [4.78, 5) is 18.9. The number of aromatic nitrogens is 2. The SMILES string of the molecule is Cc1ccc(CNC(=O)N2CCCC(c3noc(COc4ccccc4)n3)C2)cc1. The molecule has 156 valence electrons. The van der Waals surface area contributed by atoms with Gasteiger partial charge in [-0.2, -0.15) is 4.98 Å². The summed E-state index contributed by atoms with van der Waals surface area (Å²) in [5, 5.41) is 7.13. The van der Waals surface area contributed by atoms with E-state index in [1.807, 2.05) is 66.4 Å². The highest BCUT2D eigenvalue weighted by molar-refractivity contribution is 5.74. The number of carbonyl (C=O) groups is 1. The number of benzene rings is 2. The van der Waals surface area contributed by atoms with Gasteiger partial charge in [-0.1, -0.05) is 53.2 Å². The first kappa shape index (κ1) is 19.9. The van der Waals surface area contributed by atoms with Gasteiger partial charge in [-0.25, -0.2) is 4.79 Å². The lowest BCUT2D eigenvalue weighted by molar-refractivity contribution is 0.177. The summed E-state index contributed by atoms with van der Waals surface area (Å²) in [6.45, 7) is 4.11. The second kappa shape index (κ2) is 9.43. The normalized spacial score (nSPS) is 16.3. The van der Waals surface area contributed by atoms with Crippen LogP contribution < -0.4 is 10.1 Å². The van der Waals surface area contributed by atoms with Gasteiger partial charge in [0.1, 0.15) is 5.75 Å². The van der Waals surface area contributed by atoms with E-state index in [1.54, 1.807) is 0 Å². The number of amides is 2. The molecule has 0 bridgehead atoms. The van der Waals surface area contributed by atoms with E-state index in [4.69, 9.17) is 9.26 Å². The van der Waals surface area contributed by atoms with E-state index in [2.05, 4.69) is 15.5 Å². The van der Waals surface area contributed by atoms with Crippen molar-refractivity contribution in [2.75, 3.05) is 13.1 Å². The molecule has 7 nitrogen and oxygen atoms in total. The van der Waals surface area contributed by atoms with Crippen LogP contribution in [0.4, 0.5) is 4.79 Å². The number of nitrogens with one attached hydrogen (secondary N) is 1. The van der Waals surface area contributed by atoms with Crippen LogP contribution in [0.5, 0.6) is 5.75 Å². The number of likely N-dealkylation sites (tertiary alicyclic amines) is 1. The Balaban J connectivity index is 1.29. The number of piperidine rings is 1. The van der Waals surface area contributed by atoms with E-state index in [0.717, 1.165) is 30.7 Å². The second-order valence-corrected chi connectivity index (χ2v) is 7.58. The third-order valence-electron chi connectivity index (χ3n) is 5.23. The average Bonchev–Trinajstić information content (AvgIpc) is 3.27. The zero-order valence-corrected chi connectivity index (χ0v) is 17.1. The zero-order chi connectivity index (χ0) is 20.8. The topological polar surface area (TPSA) is 80.5 Å². The summed E-state index contributed by atoms with van der Waals surface area (Å²) in [5.41, 5.74) is 2.29. The molecule has 0 saturated carbocycles. The van der Waals surface area contributed by atoms with E-state index in [0.29, 0.717) is 24.8 Å². The van der Waals surface area contributed by atoms with Crippen LogP contribution in [0.1, 0.15) is 41.6 Å². The van der Waals surface area contributed by atoms with Crippen LogP contribution >= 0.6 is 0 Å². The molecule has 1 fully saturated rings. The van der Waals surface area contributed by atoms with E-state index in [-0.39, 0.29) is 18.6 Å². The van der Waals surface area contributed by atoms with Gasteiger partial charge in [0.05, 0.1) is 0 Å². The molecule has 1 unspecified atom stereocenters. The van der Waals surface area contributed by atoms with Gasteiger partial charge in [0.15, 0.2) is 12.4 Å². The first-order chi connectivity index (χ1) is 14.7. The van der Waals surface area contributed by atoms with Crippen LogP contribution in [-0.2, 0) is 13.2 Å². The molecule has 2 heterocycles. The van der Waals surface area contributed by atoms with Crippen molar-refractivity contribution in [1.29, 1.82) is 0 Å². The maximum Gasteiger partial charge on any atom is 0.317 e. The molecule has 0 spiro atoms. The molecule has 0 aliphatic carbocycles. The summed E-state index contributed by atoms with van der Waals surface area (Å²) in [6.07, 6.45) is 1.84. The van der Waals surface area contributed by atoms with Crippen molar-refractivity contribution >= 4 is 6.03 Å². The Morgan fingerprint density at radius 1 is 1.20 bits per heavy atom. The lowest BCUT2D eigenvalue weighted by Crippen LogP contribution is -2.44. The number of aryl methyl sites for hydroxylation is 1. The highest BCUT2D eigenvalue weighted by Gasteiger charge is 2.28. The number of hydrogen-bond donors (Lipinski definition) is 1. The summed E-state index contributed by atoms with van der Waals surface area (Å²) >= 11 is 0. The molecular weight excluding hydrogens is 380 g/mol. The molecule has 1 saturated heterocycles. The van der Waals surface area contributed by atoms with Gasteiger partial charge in [-0.3, -0.25) is 0 Å². The number of rotatable bonds is 6. The summed E-state index contributed by atoms with van der Waals surface area (Å²) < 4.78 is 11.0. The number of hydrogen-bond acceptors (Lipinski definition) is 5. The first-order valence-corrected chi connectivity index (χ1v) is 10.3. The zero-order valence-electron chi connectivity index (χ0n) is 17.1. The quantitative estimate of drug-likeness (QED) is 0.668. The Hall–Kier alpha value is -3.35. The molecule has 7 heteroatoms. The van der Waals surface area contributed by atoms with Gasteiger partial charge in [-0.05, 0) is 37.5 Å². The Morgan fingerprint density at radius 3 is 2.80 bits per heavy atom. The standard InChI is InChI=1S/C23H26N4O3/c1-17-9-11-18(12-10-17)14-24-23(28)27-13-5-6-19(15-27)22-25-21(30-26-22)16-29-20-7-3-2-4-8-20/h2-4,7-12,19H,5-6,13-16H2,1H3,(H,24,28). The number of para-hydroxylation sites is 1. The van der Waals surface area contributed by atoms with Crippen molar-refractivity contribution < 1.29 is 14.1 Å². The van der Waals surface area contributed by atoms with Gasteiger partial charge in [0, 0.05) is 25.6 Å². The molecule has 30 heavy (non-hydrogen) atoms. The maximum atomic E-state index is 12.6. The Labute approximate surface area is 176 Å². The number of urea groups is 1. The minimum atomic E-state index is -0.0589. The molecule has 1 aliphatic heterocycles. The Kier molecular flexibility index (Phi) is 6.27. The van der Waals surface area contributed by atoms with Crippen LogP contribution in [0.2, 0.25) is 0 Å². The largest absolute Gasteiger partial charge is 0.484 e. The van der Waals surface area contributed by atoms with Crippen molar-refractivity contribution in [1.82, 2.24) is 20.4 Å². The monoisotopic (exact) mass is 406 g/mol. The molecule has 1 aromatic heterocycles. The Bertz CT molecular complexity index is 956. The van der Waals surface area contributed by atoms with Gasteiger partial charge in [0.2, 0.25) is 0 Å². The summed E-state index contributed by atoms with van der Waals surface area (Å²) in [6, 6.07) is 17.6. The molecule has 2 aromatic carbocycles. The van der Waals surface area contributed by atoms with E-state index >= 15 is 0 Å². The highest BCUT2D eigenvalue weighted by Crippen LogP contribution is 2.25. The average molecular weight is 406 g/mol. The van der Waals surface area contributed by atoms with Crippen molar-refractivity contribution in [2.24, 2.45) is 0 Å². The van der Waals surface area contributed by atoms with Gasteiger partial charge in [0.25, 0.3) is 5.89 Å². The summed E-state index contributed by atoms with van der Waals surface area (Å²) in [5.74, 6) is 1.90. The van der Waals surface area contributed by atoms with Crippen LogP contribution in [-0.4, -0.2) is 34.2 Å². The molecule has 1 N–H and O–H groups in total. The van der Waals surface area contributed by atoms with Crippen molar-refractivity contribution in [3.63, 3.8) is 0 Å². The molecule has 0 radical (unpaired) electrons. The van der Waals surface area contributed by atoms with Crippen molar-refractivity contribution in [3.8, 4) is 5.75 Å².